The Morgan fingerprint density at radius 3 is 2.52 bits per heavy atom. The van der Waals surface area contributed by atoms with Crippen LogP contribution in [0.15, 0.2) is 42.7 Å². The molecule has 0 atom stereocenters. The molecule has 2 aromatic rings. The van der Waals surface area contributed by atoms with E-state index < -0.39 is 11.7 Å². The molecule has 168 valence electrons. The molecule has 2 rings (SSSR count). The molecule has 0 aliphatic carbocycles. The number of carbonyl (C=O) groups excluding carboxylic acids is 2. The summed E-state index contributed by atoms with van der Waals surface area (Å²) in [5.41, 5.74) is 1.13. The van der Waals surface area contributed by atoms with Crippen molar-refractivity contribution in [3.05, 3.63) is 48.3 Å². The van der Waals surface area contributed by atoms with Gasteiger partial charge in [0.25, 0.3) is 0 Å². The van der Waals surface area contributed by atoms with Gasteiger partial charge >= 0.3 is 12.1 Å². The van der Waals surface area contributed by atoms with Gasteiger partial charge in [-0.2, -0.15) is 0 Å². The summed E-state index contributed by atoms with van der Waals surface area (Å²) in [6.45, 7) is 6.49. The number of methoxy groups -OCH3 is 2. The van der Waals surface area contributed by atoms with Gasteiger partial charge in [0.2, 0.25) is 0 Å². The molecule has 0 saturated heterocycles. The van der Waals surface area contributed by atoms with Crippen molar-refractivity contribution < 1.29 is 23.8 Å². The topological polar surface area (TPSA) is 102 Å². The molecular weight excluding hydrogens is 400 g/mol. The van der Waals surface area contributed by atoms with Crippen LogP contribution in [0.4, 0.5) is 21.0 Å². The van der Waals surface area contributed by atoms with Gasteiger partial charge in [-0.25, -0.2) is 9.59 Å². The Morgan fingerprint density at radius 1 is 1.13 bits per heavy atom. The van der Waals surface area contributed by atoms with E-state index in [1.807, 2.05) is 12.1 Å². The molecule has 1 heterocycles. The Kier molecular flexibility index (Phi) is 8.63. The quantitative estimate of drug-likeness (QED) is 0.653. The highest BCUT2D eigenvalue weighted by Crippen LogP contribution is 2.28. The van der Waals surface area contributed by atoms with Crippen molar-refractivity contribution in [1.82, 2.24) is 9.88 Å². The summed E-state index contributed by atoms with van der Waals surface area (Å²) in [7, 11) is 3.08. The summed E-state index contributed by atoms with van der Waals surface area (Å²) in [4.78, 5) is 30.8. The highest BCUT2D eigenvalue weighted by atomic mass is 16.6. The highest BCUT2D eigenvalue weighted by molar-refractivity contribution is 5.92. The van der Waals surface area contributed by atoms with Crippen molar-refractivity contribution >= 4 is 23.5 Å². The first-order chi connectivity index (χ1) is 14.7. The van der Waals surface area contributed by atoms with Gasteiger partial charge in [0.05, 0.1) is 19.4 Å². The molecular formula is C22H30N4O5. The monoisotopic (exact) mass is 430 g/mol. The van der Waals surface area contributed by atoms with Crippen molar-refractivity contribution in [3.63, 3.8) is 0 Å². The number of nitrogens with zero attached hydrogens (tertiary/aromatic N) is 2. The summed E-state index contributed by atoms with van der Waals surface area (Å²) in [5.74, 6) is 0.440. The fourth-order valence-corrected chi connectivity index (χ4v) is 2.67. The lowest BCUT2D eigenvalue weighted by molar-refractivity contribution is 0.0635. The van der Waals surface area contributed by atoms with E-state index >= 15 is 0 Å². The number of pyridine rings is 1. The number of rotatable bonds is 8. The molecule has 3 amide bonds. The predicted molar refractivity (Wildman–Crippen MR) is 118 cm³/mol. The minimum Gasteiger partial charge on any atom is -0.495 e. The largest absolute Gasteiger partial charge is 0.495 e. The van der Waals surface area contributed by atoms with Crippen molar-refractivity contribution in [2.45, 2.75) is 32.9 Å². The van der Waals surface area contributed by atoms with Crippen LogP contribution in [0, 0.1) is 0 Å². The van der Waals surface area contributed by atoms with Gasteiger partial charge in [0, 0.05) is 38.3 Å². The van der Waals surface area contributed by atoms with Gasteiger partial charge in [-0.1, -0.05) is 6.07 Å². The van der Waals surface area contributed by atoms with Crippen LogP contribution in [0.1, 0.15) is 26.3 Å². The number of aromatic nitrogens is 1. The third-order valence-electron chi connectivity index (χ3n) is 4.04. The summed E-state index contributed by atoms with van der Waals surface area (Å²) in [6.07, 6.45) is 2.77. The molecule has 0 bridgehead atoms. The molecule has 0 aliphatic rings. The number of benzene rings is 1. The van der Waals surface area contributed by atoms with Crippen LogP contribution in [-0.4, -0.2) is 55.0 Å². The Balaban J connectivity index is 2.14. The van der Waals surface area contributed by atoms with Crippen LogP contribution >= 0.6 is 0 Å². The molecule has 31 heavy (non-hydrogen) atoms. The molecule has 0 spiro atoms. The first-order valence-electron chi connectivity index (χ1n) is 9.83. The molecule has 0 radical (unpaired) electrons. The summed E-state index contributed by atoms with van der Waals surface area (Å²) in [5, 5.41) is 5.50. The molecule has 0 aliphatic heterocycles. The maximum atomic E-state index is 12.9. The van der Waals surface area contributed by atoms with Gasteiger partial charge in [-0.15, -0.1) is 0 Å². The Morgan fingerprint density at radius 2 is 1.90 bits per heavy atom. The maximum absolute atomic E-state index is 12.9. The second-order valence-corrected chi connectivity index (χ2v) is 7.75. The zero-order valence-electron chi connectivity index (χ0n) is 18.6. The average Bonchev–Trinajstić information content (AvgIpc) is 2.70. The van der Waals surface area contributed by atoms with E-state index in [0.717, 1.165) is 5.56 Å². The number of anilines is 2. The average molecular weight is 431 g/mol. The zero-order valence-corrected chi connectivity index (χ0v) is 18.6. The minimum atomic E-state index is -0.642. The number of nitrogens with one attached hydrogen (secondary N) is 2. The van der Waals surface area contributed by atoms with Gasteiger partial charge in [-0.3, -0.25) is 10.3 Å². The first-order valence-corrected chi connectivity index (χ1v) is 9.83. The lowest BCUT2D eigenvalue weighted by atomic mass is 10.2. The van der Waals surface area contributed by atoms with Crippen LogP contribution in [0.25, 0.3) is 0 Å². The number of hydrogen-bond donors (Lipinski definition) is 2. The lowest BCUT2D eigenvalue weighted by Gasteiger charge is -2.23. The van der Waals surface area contributed by atoms with Crippen molar-refractivity contribution in [2.75, 3.05) is 38.0 Å². The summed E-state index contributed by atoms with van der Waals surface area (Å²) in [6, 6.07) is 8.36. The summed E-state index contributed by atoms with van der Waals surface area (Å²) < 4.78 is 15.7. The number of amides is 3. The van der Waals surface area contributed by atoms with Gasteiger partial charge in [0.1, 0.15) is 11.4 Å². The molecule has 0 unspecified atom stereocenters. The van der Waals surface area contributed by atoms with E-state index in [1.165, 1.54) is 7.11 Å². The standard InChI is InChI=1S/C22H30N4O5/c1-22(2,3)31-21(28)25-18-13-17(8-9-19(18)30-5)24-20(27)26(11-12-29-4)15-16-7-6-10-23-14-16/h6-10,13-14H,11-12,15H2,1-5H3,(H,24,27)(H,25,28). The normalized spacial score (nSPS) is 10.9. The zero-order chi connectivity index (χ0) is 22.9. The number of carbonyl (C=O) groups is 2. The molecule has 0 fully saturated rings. The van der Waals surface area contributed by atoms with E-state index in [4.69, 9.17) is 14.2 Å². The Bertz CT molecular complexity index is 868. The minimum absolute atomic E-state index is 0.311. The van der Waals surface area contributed by atoms with E-state index in [0.29, 0.717) is 36.8 Å². The van der Waals surface area contributed by atoms with Crippen LogP contribution in [0.5, 0.6) is 5.75 Å². The van der Waals surface area contributed by atoms with Crippen molar-refractivity contribution in [2.24, 2.45) is 0 Å². The number of hydrogen-bond acceptors (Lipinski definition) is 6. The Labute approximate surface area is 182 Å². The SMILES string of the molecule is COCCN(Cc1cccnc1)C(=O)Nc1ccc(OC)c(NC(=O)OC(C)(C)C)c1. The van der Waals surface area contributed by atoms with Crippen LogP contribution in [0.3, 0.4) is 0 Å². The fraction of sp³-hybridized carbons (Fsp3) is 0.409. The number of ether oxygens (including phenoxy) is 3. The van der Waals surface area contributed by atoms with Crippen LogP contribution in [-0.2, 0) is 16.0 Å². The van der Waals surface area contributed by atoms with Crippen molar-refractivity contribution in [3.8, 4) is 5.75 Å². The summed E-state index contributed by atoms with van der Waals surface area (Å²) >= 11 is 0. The van der Waals surface area contributed by atoms with E-state index in [9.17, 15) is 9.59 Å². The first kappa shape index (κ1) is 23.9. The molecule has 9 heteroatoms. The molecule has 1 aromatic carbocycles. The molecule has 2 N–H and O–H groups in total. The molecule has 0 saturated carbocycles. The van der Waals surface area contributed by atoms with Gasteiger partial charge in [0.15, 0.2) is 0 Å². The smallest absolute Gasteiger partial charge is 0.412 e. The maximum Gasteiger partial charge on any atom is 0.412 e. The second-order valence-electron chi connectivity index (χ2n) is 7.75. The van der Waals surface area contributed by atoms with Gasteiger partial charge in [-0.05, 0) is 50.6 Å². The van der Waals surface area contributed by atoms with E-state index in [-0.39, 0.29) is 6.03 Å². The van der Waals surface area contributed by atoms with Crippen molar-refractivity contribution in [1.29, 1.82) is 0 Å². The van der Waals surface area contributed by atoms with Crippen LogP contribution < -0.4 is 15.4 Å². The molecule has 1 aromatic heterocycles. The Hall–Kier alpha value is -3.33. The predicted octanol–water partition coefficient (Wildman–Crippen LogP) is 4.12. The van der Waals surface area contributed by atoms with Gasteiger partial charge < -0.3 is 24.4 Å². The number of urea groups is 1. The van der Waals surface area contributed by atoms with E-state index in [1.54, 1.807) is 63.4 Å². The van der Waals surface area contributed by atoms with E-state index in [2.05, 4.69) is 15.6 Å². The fourth-order valence-electron chi connectivity index (χ4n) is 2.67. The second kappa shape index (κ2) is 11.2. The lowest BCUT2D eigenvalue weighted by Crippen LogP contribution is -2.36. The third kappa shape index (κ3) is 8.13. The van der Waals surface area contributed by atoms with Crippen LogP contribution in [0.2, 0.25) is 0 Å². The highest BCUT2D eigenvalue weighted by Gasteiger charge is 2.19. The molecule has 9 nitrogen and oxygen atoms in total. The third-order valence-corrected chi connectivity index (χ3v) is 4.04.